The molecule has 132 valence electrons. The van der Waals surface area contributed by atoms with E-state index < -0.39 is 12.1 Å². The average molecular weight is 362 g/mol. The third kappa shape index (κ3) is 6.73. The zero-order valence-electron chi connectivity index (χ0n) is 13.6. The van der Waals surface area contributed by atoms with Gasteiger partial charge in [-0.05, 0) is 29.8 Å². The van der Waals surface area contributed by atoms with Crippen LogP contribution in [0.15, 0.2) is 54.6 Å². The molecule has 4 N–H and O–H groups in total. The monoisotopic (exact) mass is 361 g/mol. The molecule has 0 radical (unpaired) electrons. The van der Waals surface area contributed by atoms with Crippen molar-refractivity contribution in [3.8, 4) is 5.75 Å². The van der Waals surface area contributed by atoms with E-state index in [4.69, 9.17) is 22.1 Å². The molecule has 3 amide bonds. The molecule has 7 heteroatoms. The second kappa shape index (κ2) is 9.54. The van der Waals surface area contributed by atoms with Gasteiger partial charge >= 0.3 is 6.03 Å². The molecule has 2 rings (SSSR count). The molecule has 1 atom stereocenters. The third-order valence-electron chi connectivity index (χ3n) is 3.41. The summed E-state index contributed by atoms with van der Waals surface area (Å²) in [5, 5.41) is 5.97. The lowest BCUT2D eigenvalue weighted by molar-refractivity contribution is -0.121. The molecule has 0 aliphatic carbocycles. The maximum Gasteiger partial charge on any atom is 0.312 e. The largest absolute Gasteiger partial charge is 0.492 e. The maximum absolute atomic E-state index is 12.1. The van der Waals surface area contributed by atoms with Crippen LogP contribution in [0.25, 0.3) is 0 Å². The van der Waals surface area contributed by atoms with E-state index in [1.807, 2.05) is 30.3 Å². The van der Waals surface area contributed by atoms with Crippen LogP contribution in [0.5, 0.6) is 5.75 Å². The van der Waals surface area contributed by atoms with E-state index in [0.717, 1.165) is 5.56 Å². The molecule has 6 nitrogen and oxygen atoms in total. The first-order valence-electron chi connectivity index (χ1n) is 7.80. The Morgan fingerprint density at radius 2 is 1.76 bits per heavy atom. The van der Waals surface area contributed by atoms with Gasteiger partial charge in [0, 0.05) is 5.02 Å². The van der Waals surface area contributed by atoms with Crippen molar-refractivity contribution >= 4 is 23.5 Å². The zero-order valence-corrected chi connectivity index (χ0v) is 14.3. The van der Waals surface area contributed by atoms with Crippen LogP contribution < -0.4 is 21.1 Å². The highest BCUT2D eigenvalue weighted by Crippen LogP contribution is 2.16. The van der Waals surface area contributed by atoms with Crippen molar-refractivity contribution in [3.63, 3.8) is 0 Å². The number of hydrogen-bond donors (Lipinski definition) is 3. The van der Waals surface area contributed by atoms with Crippen molar-refractivity contribution in [1.29, 1.82) is 0 Å². The highest BCUT2D eigenvalue weighted by Gasteiger charge is 2.16. The fourth-order valence-corrected chi connectivity index (χ4v) is 2.38. The van der Waals surface area contributed by atoms with E-state index in [-0.39, 0.29) is 12.3 Å². The summed E-state index contributed by atoms with van der Waals surface area (Å²) in [5.41, 5.74) is 6.01. The predicted octanol–water partition coefficient (Wildman–Crippen LogP) is 2.63. The lowest BCUT2D eigenvalue weighted by atomic mass is 10.0. The van der Waals surface area contributed by atoms with E-state index in [1.165, 1.54) is 0 Å². The quantitative estimate of drug-likeness (QED) is 0.631. The number of halogens is 1. The molecule has 0 bridgehead atoms. The molecule has 0 aliphatic rings. The van der Waals surface area contributed by atoms with Crippen LogP contribution in [-0.4, -0.2) is 25.1 Å². The van der Waals surface area contributed by atoms with Crippen LogP contribution in [0.3, 0.4) is 0 Å². The molecule has 0 saturated heterocycles. The fraction of sp³-hybridized carbons (Fsp3) is 0.222. The second-order valence-electron chi connectivity index (χ2n) is 5.33. The van der Waals surface area contributed by atoms with E-state index in [2.05, 4.69) is 10.6 Å². The molecule has 0 heterocycles. The van der Waals surface area contributed by atoms with Crippen molar-refractivity contribution in [1.82, 2.24) is 10.6 Å². The van der Waals surface area contributed by atoms with Crippen molar-refractivity contribution in [2.75, 3.05) is 13.2 Å². The van der Waals surface area contributed by atoms with Gasteiger partial charge in [-0.3, -0.25) is 4.79 Å². The molecule has 2 aromatic rings. The highest BCUT2D eigenvalue weighted by atomic mass is 35.5. The van der Waals surface area contributed by atoms with Crippen LogP contribution >= 0.6 is 11.6 Å². The van der Waals surface area contributed by atoms with Gasteiger partial charge in [-0.15, -0.1) is 0 Å². The summed E-state index contributed by atoms with van der Waals surface area (Å²) in [7, 11) is 0. The number of ether oxygens (including phenoxy) is 1. The average Bonchev–Trinajstić information content (AvgIpc) is 2.60. The summed E-state index contributed by atoms with van der Waals surface area (Å²) >= 11 is 5.80. The Hall–Kier alpha value is -2.73. The molecular weight excluding hydrogens is 342 g/mol. The summed E-state index contributed by atoms with van der Waals surface area (Å²) in [6, 6.07) is 15.0. The number of benzene rings is 2. The van der Waals surface area contributed by atoms with Gasteiger partial charge in [-0.1, -0.05) is 41.9 Å². The number of carbonyl (C=O) groups is 2. The first-order valence-corrected chi connectivity index (χ1v) is 8.18. The first kappa shape index (κ1) is 18.6. The summed E-state index contributed by atoms with van der Waals surface area (Å²) in [6.07, 6.45) is 0.0912. The molecule has 0 unspecified atom stereocenters. The fourth-order valence-electron chi connectivity index (χ4n) is 2.26. The van der Waals surface area contributed by atoms with E-state index >= 15 is 0 Å². The molecule has 0 aromatic heterocycles. The topological polar surface area (TPSA) is 93.5 Å². The minimum atomic E-state index is -0.673. The first-order chi connectivity index (χ1) is 12.0. The molecule has 25 heavy (non-hydrogen) atoms. The Bertz CT molecular complexity index is 692. The lowest BCUT2D eigenvalue weighted by Crippen LogP contribution is -2.37. The highest BCUT2D eigenvalue weighted by molar-refractivity contribution is 6.30. The Kier molecular flexibility index (Phi) is 7.10. The number of carbonyl (C=O) groups excluding carboxylic acids is 2. The van der Waals surface area contributed by atoms with Gasteiger partial charge in [0.15, 0.2) is 0 Å². The number of nitrogens with one attached hydrogen (secondary N) is 2. The number of hydrogen-bond acceptors (Lipinski definition) is 3. The van der Waals surface area contributed by atoms with Gasteiger partial charge < -0.3 is 21.1 Å². The Morgan fingerprint density at radius 3 is 2.40 bits per heavy atom. The molecule has 0 spiro atoms. The number of amides is 3. The molecule has 0 saturated carbocycles. The Morgan fingerprint density at radius 1 is 1.08 bits per heavy atom. The van der Waals surface area contributed by atoms with Gasteiger partial charge in [-0.2, -0.15) is 0 Å². The number of rotatable bonds is 8. The predicted molar refractivity (Wildman–Crippen MR) is 96.5 cm³/mol. The van der Waals surface area contributed by atoms with Gasteiger partial charge in [0.2, 0.25) is 5.91 Å². The van der Waals surface area contributed by atoms with Crippen LogP contribution in [0.2, 0.25) is 5.02 Å². The molecule has 2 aromatic carbocycles. The van der Waals surface area contributed by atoms with Crippen molar-refractivity contribution < 1.29 is 14.3 Å². The van der Waals surface area contributed by atoms with Gasteiger partial charge in [0.25, 0.3) is 0 Å². The summed E-state index contributed by atoms with van der Waals surface area (Å²) in [5.74, 6) is 0.471. The van der Waals surface area contributed by atoms with E-state index in [1.54, 1.807) is 24.3 Å². The summed E-state index contributed by atoms with van der Waals surface area (Å²) < 4.78 is 5.50. The summed E-state index contributed by atoms with van der Waals surface area (Å²) in [6.45, 7) is 0.673. The van der Waals surface area contributed by atoms with Crippen LogP contribution in [0.4, 0.5) is 4.79 Å². The van der Waals surface area contributed by atoms with Crippen LogP contribution in [0, 0.1) is 0 Å². The van der Waals surface area contributed by atoms with Gasteiger partial charge in [-0.25, -0.2) is 4.79 Å². The van der Waals surface area contributed by atoms with Crippen molar-refractivity contribution in [2.24, 2.45) is 5.73 Å². The molecule has 0 aliphatic heterocycles. The number of urea groups is 1. The molecule has 0 fully saturated rings. The third-order valence-corrected chi connectivity index (χ3v) is 3.67. The second-order valence-corrected chi connectivity index (χ2v) is 5.76. The minimum absolute atomic E-state index is 0.0912. The standard InChI is InChI=1S/C18H20ClN3O3/c19-14-6-8-15(9-7-14)25-11-10-21-17(23)12-16(22-18(20)24)13-4-2-1-3-5-13/h1-9,16H,10-12H2,(H,21,23)(H3,20,22,24)/t16-/m1/s1. The van der Waals surface area contributed by atoms with Crippen molar-refractivity contribution in [2.45, 2.75) is 12.5 Å². The zero-order chi connectivity index (χ0) is 18.1. The normalized spacial score (nSPS) is 11.4. The lowest BCUT2D eigenvalue weighted by Gasteiger charge is -2.17. The summed E-state index contributed by atoms with van der Waals surface area (Å²) in [4.78, 5) is 23.2. The smallest absolute Gasteiger partial charge is 0.312 e. The number of primary amides is 1. The maximum atomic E-state index is 12.1. The van der Waals surface area contributed by atoms with Gasteiger partial charge in [0.05, 0.1) is 19.0 Å². The minimum Gasteiger partial charge on any atom is -0.492 e. The van der Waals surface area contributed by atoms with E-state index in [9.17, 15) is 9.59 Å². The number of nitrogens with two attached hydrogens (primary N) is 1. The van der Waals surface area contributed by atoms with Crippen LogP contribution in [-0.2, 0) is 4.79 Å². The molecular formula is C18H20ClN3O3. The Balaban J connectivity index is 1.78. The van der Waals surface area contributed by atoms with E-state index in [0.29, 0.717) is 23.9 Å². The Labute approximate surface area is 151 Å². The SMILES string of the molecule is NC(=O)N[C@H](CC(=O)NCCOc1ccc(Cl)cc1)c1ccccc1. The van der Waals surface area contributed by atoms with Gasteiger partial charge in [0.1, 0.15) is 12.4 Å². The van der Waals surface area contributed by atoms with Crippen LogP contribution in [0.1, 0.15) is 18.0 Å². The van der Waals surface area contributed by atoms with Crippen molar-refractivity contribution in [3.05, 3.63) is 65.2 Å².